The maximum atomic E-state index is 5.72. The molecule has 3 aromatic rings. The van der Waals surface area contributed by atoms with Crippen LogP contribution in [0.1, 0.15) is 34.9 Å². The number of aryl methyl sites for hydroxylation is 1. The minimum Gasteiger partial charge on any atom is -0.472 e. The van der Waals surface area contributed by atoms with Gasteiger partial charge in [-0.1, -0.05) is 0 Å². The molecule has 21 heavy (non-hydrogen) atoms. The SMILES string of the molecule is Cc1cc(OCc2cc3cc(C4CC4)cnc3s2)ncn1. The van der Waals surface area contributed by atoms with Crippen molar-refractivity contribution in [2.45, 2.75) is 32.3 Å². The van der Waals surface area contributed by atoms with Gasteiger partial charge in [0.1, 0.15) is 17.8 Å². The lowest BCUT2D eigenvalue weighted by Crippen LogP contribution is -1.96. The second kappa shape index (κ2) is 5.07. The van der Waals surface area contributed by atoms with Crippen molar-refractivity contribution in [2.75, 3.05) is 0 Å². The summed E-state index contributed by atoms with van der Waals surface area (Å²) in [7, 11) is 0. The topological polar surface area (TPSA) is 47.9 Å². The molecule has 4 nitrogen and oxygen atoms in total. The summed E-state index contributed by atoms with van der Waals surface area (Å²) < 4.78 is 5.72. The van der Waals surface area contributed by atoms with Gasteiger partial charge in [0.2, 0.25) is 5.88 Å². The van der Waals surface area contributed by atoms with Crippen LogP contribution >= 0.6 is 11.3 Å². The zero-order valence-electron chi connectivity index (χ0n) is 11.7. The van der Waals surface area contributed by atoms with Gasteiger partial charge in [0.25, 0.3) is 0 Å². The van der Waals surface area contributed by atoms with Crippen LogP contribution in [0.15, 0.2) is 30.7 Å². The number of aromatic nitrogens is 3. The van der Waals surface area contributed by atoms with E-state index in [0.29, 0.717) is 12.5 Å². The summed E-state index contributed by atoms with van der Waals surface area (Å²) in [6, 6.07) is 6.29. The van der Waals surface area contributed by atoms with Gasteiger partial charge in [-0.3, -0.25) is 0 Å². The molecule has 1 saturated carbocycles. The third kappa shape index (κ3) is 2.74. The lowest BCUT2D eigenvalue weighted by atomic mass is 10.1. The molecule has 0 unspecified atom stereocenters. The first-order chi connectivity index (χ1) is 10.3. The van der Waals surface area contributed by atoms with Crippen LogP contribution in [-0.2, 0) is 6.61 Å². The fourth-order valence-corrected chi connectivity index (χ4v) is 3.26. The van der Waals surface area contributed by atoms with E-state index in [9.17, 15) is 0 Å². The minimum absolute atomic E-state index is 0.524. The maximum Gasteiger partial charge on any atom is 0.216 e. The first-order valence-electron chi connectivity index (χ1n) is 7.08. The third-order valence-electron chi connectivity index (χ3n) is 3.63. The summed E-state index contributed by atoms with van der Waals surface area (Å²) in [6.07, 6.45) is 6.16. The molecule has 0 amide bonds. The Kier molecular flexibility index (Phi) is 3.07. The van der Waals surface area contributed by atoms with E-state index in [4.69, 9.17) is 4.74 Å². The molecule has 3 aromatic heterocycles. The number of pyridine rings is 1. The minimum atomic E-state index is 0.524. The lowest BCUT2D eigenvalue weighted by molar-refractivity contribution is 0.296. The molecular weight excluding hydrogens is 282 g/mol. The van der Waals surface area contributed by atoms with E-state index in [1.165, 1.54) is 35.0 Å². The van der Waals surface area contributed by atoms with Crippen LogP contribution in [0.4, 0.5) is 0 Å². The highest BCUT2D eigenvalue weighted by Crippen LogP contribution is 2.41. The first-order valence-corrected chi connectivity index (χ1v) is 7.89. The number of rotatable bonds is 4. The average molecular weight is 297 g/mol. The summed E-state index contributed by atoms with van der Waals surface area (Å²) in [4.78, 5) is 15.0. The molecule has 5 heteroatoms. The molecule has 0 aliphatic heterocycles. The Morgan fingerprint density at radius 2 is 2.10 bits per heavy atom. The van der Waals surface area contributed by atoms with Crippen LogP contribution in [0.2, 0.25) is 0 Å². The van der Waals surface area contributed by atoms with Crippen molar-refractivity contribution in [3.63, 3.8) is 0 Å². The molecule has 0 aromatic carbocycles. The second-order valence-electron chi connectivity index (χ2n) is 5.44. The Bertz CT molecular complexity index is 795. The quantitative estimate of drug-likeness (QED) is 0.734. The number of thiophene rings is 1. The number of ether oxygens (including phenoxy) is 1. The van der Waals surface area contributed by atoms with Crippen LogP contribution < -0.4 is 4.74 Å². The number of nitrogens with zero attached hydrogens (tertiary/aromatic N) is 3. The molecule has 0 spiro atoms. The maximum absolute atomic E-state index is 5.72. The molecule has 1 fully saturated rings. The zero-order chi connectivity index (χ0) is 14.2. The molecule has 4 rings (SSSR count). The highest BCUT2D eigenvalue weighted by atomic mass is 32.1. The van der Waals surface area contributed by atoms with Gasteiger partial charge in [-0.2, -0.15) is 0 Å². The molecule has 0 saturated heterocycles. The van der Waals surface area contributed by atoms with E-state index >= 15 is 0 Å². The standard InChI is InChI=1S/C16H15N3OS/c1-10-4-15(19-9-18-10)20-8-14-6-12-5-13(11-2-3-11)7-17-16(12)21-14/h4-7,9,11H,2-3,8H2,1H3. The van der Waals surface area contributed by atoms with Crippen molar-refractivity contribution in [3.05, 3.63) is 46.9 Å². The van der Waals surface area contributed by atoms with E-state index in [1.54, 1.807) is 11.3 Å². The van der Waals surface area contributed by atoms with Gasteiger partial charge in [0, 0.05) is 28.2 Å². The predicted octanol–water partition coefficient (Wildman–Crippen LogP) is 3.85. The summed E-state index contributed by atoms with van der Waals surface area (Å²) in [5.74, 6) is 1.36. The molecule has 0 radical (unpaired) electrons. The molecule has 0 bridgehead atoms. The van der Waals surface area contributed by atoms with E-state index < -0.39 is 0 Å². The fraction of sp³-hybridized carbons (Fsp3) is 0.312. The molecule has 1 aliphatic rings. The van der Waals surface area contributed by atoms with Crippen molar-refractivity contribution in [1.82, 2.24) is 15.0 Å². The average Bonchev–Trinajstić information content (AvgIpc) is 3.25. The van der Waals surface area contributed by atoms with Crippen molar-refractivity contribution in [1.29, 1.82) is 0 Å². The highest BCUT2D eigenvalue weighted by Gasteiger charge is 2.24. The Morgan fingerprint density at radius 1 is 1.19 bits per heavy atom. The summed E-state index contributed by atoms with van der Waals surface area (Å²) in [6.45, 7) is 2.45. The van der Waals surface area contributed by atoms with Crippen LogP contribution in [0, 0.1) is 6.92 Å². The van der Waals surface area contributed by atoms with E-state index in [0.717, 1.165) is 16.4 Å². The van der Waals surface area contributed by atoms with Gasteiger partial charge in [-0.15, -0.1) is 11.3 Å². The Balaban J connectivity index is 1.53. The number of hydrogen-bond acceptors (Lipinski definition) is 5. The van der Waals surface area contributed by atoms with Crippen LogP contribution in [0.5, 0.6) is 5.88 Å². The Hall–Kier alpha value is -2.01. The fourth-order valence-electron chi connectivity index (χ4n) is 2.37. The number of hydrogen-bond donors (Lipinski definition) is 0. The van der Waals surface area contributed by atoms with Gasteiger partial charge in [-0.05, 0) is 43.4 Å². The molecule has 1 aliphatic carbocycles. The van der Waals surface area contributed by atoms with E-state index in [1.807, 2.05) is 19.2 Å². The third-order valence-corrected chi connectivity index (χ3v) is 4.67. The summed E-state index contributed by atoms with van der Waals surface area (Å²) >= 11 is 1.68. The van der Waals surface area contributed by atoms with E-state index in [-0.39, 0.29) is 0 Å². The van der Waals surface area contributed by atoms with Crippen LogP contribution in [0.25, 0.3) is 10.2 Å². The molecule has 106 valence electrons. The van der Waals surface area contributed by atoms with Crippen molar-refractivity contribution in [3.8, 4) is 5.88 Å². The Labute approximate surface area is 126 Å². The van der Waals surface area contributed by atoms with Gasteiger partial charge in [-0.25, -0.2) is 15.0 Å². The molecule has 0 N–H and O–H groups in total. The normalized spacial score (nSPS) is 14.5. The van der Waals surface area contributed by atoms with Crippen LogP contribution in [-0.4, -0.2) is 15.0 Å². The lowest BCUT2D eigenvalue weighted by Gasteiger charge is -2.02. The Morgan fingerprint density at radius 3 is 2.90 bits per heavy atom. The molecule has 0 atom stereocenters. The monoisotopic (exact) mass is 297 g/mol. The largest absolute Gasteiger partial charge is 0.472 e. The van der Waals surface area contributed by atoms with Gasteiger partial charge >= 0.3 is 0 Å². The highest BCUT2D eigenvalue weighted by molar-refractivity contribution is 7.18. The molecular formula is C16H15N3OS. The summed E-state index contributed by atoms with van der Waals surface area (Å²) in [5, 5.41) is 1.22. The second-order valence-corrected chi connectivity index (χ2v) is 6.55. The van der Waals surface area contributed by atoms with Crippen molar-refractivity contribution >= 4 is 21.6 Å². The van der Waals surface area contributed by atoms with Crippen molar-refractivity contribution in [2.24, 2.45) is 0 Å². The summed E-state index contributed by atoms with van der Waals surface area (Å²) in [5.41, 5.74) is 2.28. The van der Waals surface area contributed by atoms with Crippen molar-refractivity contribution < 1.29 is 4.74 Å². The predicted molar refractivity (Wildman–Crippen MR) is 82.7 cm³/mol. The molecule has 3 heterocycles. The van der Waals surface area contributed by atoms with Crippen LogP contribution in [0.3, 0.4) is 0 Å². The van der Waals surface area contributed by atoms with Gasteiger partial charge in [0.15, 0.2) is 0 Å². The van der Waals surface area contributed by atoms with Gasteiger partial charge < -0.3 is 4.74 Å². The smallest absolute Gasteiger partial charge is 0.216 e. The number of fused-ring (bicyclic) bond motifs is 1. The first kappa shape index (κ1) is 12.7. The van der Waals surface area contributed by atoms with E-state index in [2.05, 4.69) is 27.1 Å². The zero-order valence-corrected chi connectivity index (χ0v) is 12.6. The van der Waals surface area contributed by atoms with Gasteiger partial charge in [0.05, 0.1) is 0 Å².